The van der Waals surface area contributed by atoms with E-state index in [9.17, 15) is 10.1 Å². The van der Waals surface area contributed by atoms with Crippen molar-refractivity contribution in [3.63, 3.8) is 0 Å². The maximum Gasteiger partial charge on any atom is 0.235 e. The Morgan fingerprint density at radius 2 is 2.13 bits per heavy atom. The highest BCUT2D eigenvalue weighted by molar-refractivity contribution is 5.79. The molecular weight excluding hydrogens is 286 g/mol. The molecule has 4 nitrogen and oxygen atoms in total. The van der Waals surface area contributed by atoms with E-state index in [1.165, 1.54) is 5.56 Å². The molecule has 1 fully saturated rings. The van der Waals surface area contributed by atoms with E-state index in [4.69, 9.17) is 0 Å². The number of likely N-dealkylation sites (tertiary alicyclic amines) is 1. The maximum absolute atomic E-state index is 12.4. The summed E-state index contributed by atoms with van der Waals surface area (Å²) in [6.07, 6.45) is 3.24. The summed E-state index contributed by atoms with van der Waals surface area (Å²) in [4.78, 5) is 14.6. The maximum atomic E-state index is 12.4. The Balaban J connectivity index is 1.93. The van der Waals surface area contributed by atoms with Crippen LogP contribution >= 0.6 is 0 Å². The number of hydrogen-bond donors (Lipinski definition) is 1. The van der Waals surface area contributed by atoms with E-state index in [-0.39, 0.29) is 11.8 Å². The molecule has 0 bridgehead atoms. The first-order valence-electron chi connectivity index (χ1n) is 8.45. The SMILES string of the molecule is CC(C)C(C)(C#N)NC(=O)CN1CCCC1Cc1ccccc1. The van der Waals surface area contributed by atoms with Crippen molar-refractivity contribution in [3.05, 3.63) is 35.9 Å². The molecule has 23 heavy (non-hydrogen) atoms. The van der Waals surface area contributed by atoms with E-state index in [0.717, 1.165) is 25.8 Å². The molecule has 0 spiro atoms. The summed E-state index contributed by atoms with van der Waals surface area (Å²) in [7, 11) is 0. The molecule has 1 aliphatic rings. The molecule has 1 saturated heterocycles. The minimum Gasteiger partial charge on any atom is -0.337 e. The topological polar surface area (TPSA) is 56.1 Å². The zero-order valence-electron chi connectivity index (χ0n) is 14.4. The summed E-state index contributed by atoms with van der Waals surface area (Å²) >= 11 is 0. The third-order valence-corrected chi connectivity index (χ3v) is 4.95. The lowest BCUT2D eigenvalue weighted by molar-refractivity contribution is -0.124. The molecule has 0 saturated carbocycles. The predicted molar refractivity (Wildman–Crippen MR) is 91.7 cm³/mol. The number of carbonyl (C=O) groups is 1. The molecule has 1 heterocycles. The molecular formula is C19H27N3O. The second kappa shape index (κ2) is 7.61. The van der Waals surface area contributed by atoms with Gasteiger partial charge in [0.2, 0.25) is 5.91 Å². The van der Waals surface area contributed by atoms with Crippen LogP contribution in [0.3, 0.4) is 0 Å². The van der Waals surface area contributed by atoms with Crippen molar-refractivity contribution in [1.82, 2.24) is 10.2 Å². The molecule has 1 N–H and O–H groups in total. The van der Waals surface area contributed by atoms with Gasteiger partial charge < -0.3 is 5.32 Å². The molecule has 1 amide bonds. The van der Waals surface area contributed by atoms with Gasteiger partial charge in [0.05, 0.1) is 12.6 Å². The Bertz CT molecular complexity index is 564. The lowest BCUT2D eigenvalue weighted by Gasteiger charge is -2.30. The van der Waals surface area contributed by atoms with Gasteiger partial charge in [0.1, 0.15) is 5.54 Å². The summed E-state index contributed by atoms with van der Waals surface area (Å²) in [6.45, 7) is 7.04. The Hall–Kier alpha value is -1.86. The van der Waals surface area contributed by atoms with Crippen LogP contribution in [0, 0.1) is 17.2 Å². The number of hydrogen-bond acceptors (Lipinski definition) is 3. The highest BCUT2D eigenvalue weighted by Crippen LogP contribution is 2.21. The van der Waals surface area contributed by atoms with Gasteiger partial charge in [-0.3, -0.25) is 9.69 Å². The van der Waals surface area contributed by atoms with Crippen molar-refractivity contribution in [3.8, 4) is 6.07 Å². The number of nitriles is 1. The van der Waals surface area contributed by atoms with Gasteiger partial charge in [-0.15, -0.1) is 0 Å². The van der Waals surface area contributed by atoms with Crippen LogP contribution in [-0.4, -0.2) is 35.5 Å². The number of rotatable bonds is 6. The van der Waals surface area contributed by atoms with Crippen molar-refractivity contribution in [2.45, 2.75) is 51.6 Å². The second-order valence-corrected chi connectivity index (χ2v) is 6.97. The molecule has 2 unspecified atom stereocenters. The third-order valence-electron chi connectivity index (χ3n) is 4.95. The first-order chi connectivity index (χ1) is 10.9. The summed E-state index contributed by atoms with van der Waals surface area (Å²) in [5.41, 5.74) is 0.514. The summed E-state index contributed by atoms with van der Waals surface area (Å²) in [5, 5.41) is 12.2. The number of nitrogens with one attached hydrogen (secondary N) is 1. The molecule has 0 aliphatic carbocycles. The predicted octanol–water partition coefficient (Wildman–Crippen LogP) is 2.75. The molecule has 0 aromatic heterocycles. The lowest BCUT2D eigenvalue weighted by atomic mass is 9.90. The van der Waals surface area contributed by atoms with E-state index in [0.29, 0.717) is 12.6 Å². The fraction of sp³-hybridized carbons (Fsp3) is 0.579. The smallest absolute Gasteiger partial charge is 0.235 e. The molecule has 124 valence electrons. The molecule has 1 aliphatic heterocycles. The van der Waals surface area contributed by atoms with Crippen LogP contribution in [0.4, 0.5) is 0 Å². The van der Waals surface area contributed by atoms with Crippen molar-refractivity contribution in [2.75, 3.05) is 13.1 Å². The average molecular weight is 313 g/mol. The fourth-order valence-electron chi connectivity index (χ4n) is 3.04. The van der Waals surface area contributed by atoms with E-state index >= 15 is 0 Å². The Kier molecular flexibility index (Phi) is 5.79. The summed E-state index contributed by atoms with van der Waals surface area (Å²) in [5.74, 6) is 0.0258. The van der Waals surface area contributed by atoms with Gasteiger partial charge in [0.25, 0.3) is 0 Å². The normalized spacial score (nSPS) is 20.9. The highest BCUT2D eigenvalue weighted by atomic mass is 16.2. The number of nitrogens with zero attached hydrogens (tertiary/aromatic N) is 2. The van der Waals surface area contributed by atoms with Crippen LogP contribution in [-0.2, 0) is 11.2 Å². The van der Waals surface area contributed by atoms with E-state index < -0.39 is 5.54 Å². The van der Waals surface area contributed by atoms with Gasteiger partial charge in [-0.25, -0.2) is 0 Å². The second-order valence-electron chi connectivity index (χ2n) is 6.97. The summed E-state index contributed by atoms with van der Waals surface area (Å²) in [6, 6.07) is 13.1. The molecule has 1 aromatic carbocycles. The first-order valence-corrected chi connectivity index (χ1v) is 8.45. The molecule has 2 atom stereocenters. The van der Waals surface area contributed by atoms with Crippen LogP contribution in [0.1, 0.15) is 39.2 Å². The van der Waals surface area contributed by atoms with E-state index in [1.54, 1.807) is 6.92 Å². The lowest BCUT2D eigenvalue weighted by Crippen LogP contribution is -2.52. The van der Waals surface area contributed by atoms with Crippen LogP contribution in [0.25, 0.3) is 0 Å². The zero-order valence-corrected chi connectivity index (χ0v) is 14.4. The number of amides is 1. The number of carbonyl (C=O) groups excluding carboxylic acids is 1. The number of benzene rings is 1. The third kappa shape index (κ3) is 4.56. The molecule has 0 radical (unpaired) electrons. The standard InChI is InChI=1S/C19H27N3O/c1-15(2)19(3,14-20)21-18(23)13-22-11-7-10-17(22)12-16-8-5-4-6-9-16/h4-6,8-9,15,17H,7,10-13H2,1-3H3,(H,21,23). The average Bonchev–Trinajstić information content (AvgIpc) is 2.94. The van der Waals surface area contributed by atoms with Crippen molar-refractivity contribution in [2.24, 2.45) is 5.92 Å². The van der Waals surface area contributed by atoms with E-state index in [1.807, 2.05) is 19.9 Å². The Morgan fingerprint density at radius 3 is 2.74 bits per heavy atom. The van der Waals surface area contributed by atoms with Gasteiger partial charge >= 0.3 is 0 Å². The van der Waals surface area contributed by atoms with Crippen LogP contribution in [0.15, 0.2) is 30.3 Å². The first kappa shape index (κ1) is 17.5. The molecule has 4 heteroatoms. The van der Waals surface area contributed by atoms with Crippen molar-refractivity contribution in [1.29, 1.82) is 5.26 Å². The molecule has 1 aromatic rings. The van der Waals surface area contributed by atoms with Gasteiger partial charge in [0, 0.05) is 6.04 Å². The van der Waals surface area contributed by atoms with Gasteiger partial charge in [-0.05, 0) is 44.2 Å². The van der Waals surface area contributed by atoms with Crippen LogP contribution in [0.2, 0.25) is 0 Å². The summed E-state index contributed by atoms with van der Waals surface area (Å²) < 4.78 is 0. The minimum absolute atomic E-state index is 0.0530. The highest BCUT2D eigenvalue weighted by Gasteiger charge is 2.32. The quantitative estimate of drug-likeness (QED) is 0.878. The van der Waals surface area contributed by atoms with Crippen LogP contribution in [0.5, 0.6) is 0 Å². The van der Waals surface area contributed by atoms with Gasteiger partial charge in [0.15, 0.2) is 0 Å². The minimum atomic E-state index is -0.800. The van der Waals surface area contributed by atoms with E-state index in [2.05, 4.69) is 40.6 Å². The van der Waals surface area contributed by atoms with Gasteiger partial charge in [-0.2, -0.15) is 5.26 Å². The van der Waals surface area contributed by atoms with Crippen molar-refractivity contribution >= 4 is 5.91 Å². The van der Waals surface area contributed by atoms with Gasteiger partial charge in [-0.1, -0.05) is 44.2 Å². The Morgan fingerprint density at radius 1 is 1.43 bits per heavy atom. The largest absolute Gasteiger partial charge is 0.337 e. The monoisotopic (exact) mass is 313 g/mol. The zero-order chi connectivity index (χ0) is 16.9. The fourth-order valence-corrected chi connectivity index (χ4v) is 3.04. The van der Waals surface area contributed by atoms with Crippen LogP contribution < -0.4 is 5.32 Å². The molecule has 2 rings (SSSR count). The Labute approximate surface area is 139 Å². The van der Waals surface area contributed by atoms with Crippen molar-refractivity contribution < 1.29 is 4.79 Å².